The highest BCUT2D eigenvalue weighted by Crippen LogP contribution is 2.22. The molecule has 0 unspecified atom stereocenters. The Morgan fingerprint density at radius 3 is 2.50 bits per heavy atom. The summed E-state index contributed by atoms with van der Waals surface area (Å²) in [6.45, 7) is 4.27. The molecule has 0 spiro atoms. The predicted molar refractivity (Wildman–Crippen MR) is 30.7 cm³/mol. The van der Waals surface area contributed by atoms with Crippen LogP contribution >= 0.6 is 0 Å². The van der Waals surface area contributed by atoms with E-state index in [-0.39, 0.29) is 6.10 Å². The minimum absolute atomic E-state index is 0.241. The van der Waals surface area contributed by atoms with Gasteiger partial charge in [-0.2, -0.15) is 0 Å². The van der Waals surface area contributed by atoms with Gasteiger partial charge in [0.25, 0.3) is 0 Å². The highest BCUT2D eigenvalue weighted by Gasteiger charge is 2.30. The maximum Gasteiger partial charge on any atom is 0.0876 e. The molecule has 2 atom stereocenters. The Bertz CT molecular complexity index is 88.5. The van der Waals surface area contributed by atoms with Crippen LogP contribution in [0.25, 0.3) is 0 Å². The van der Waals surface area contributed by atoms with Gasteiger partial charge in [0.1, 0.15) is 0 Å². The second-order valence-electron chi connectivity index (χ2n) is 2.82. The van der Waals surface area contributed by atoms with Gasteiger partial charge < -0.3 is 9.84 Å². The minimum atomic E-state index is -0.556. The Morgan fingerprint density at radius 2 is 2.38 bits per heavy atom. The van der Waals surface area contributed by atoms with E-state index in [1.54, 1.807) is 6.92 Å². The summed E-state index contributed by atoms with van der Waals surface area (Å²) in [5.41, 5.74) is -0.556. The van der Waals surface area contributed by atoms with Gasteiger partial charge in [-0.1, -0.05) is 0 Å². The van der Waals surface area contributed by atoms with Crippen LogP contribution in [0.1, 0.15) is 20.3 Å². The van der Waals surface area contributed by atoms with E-state index in [0.717, 1.165) is 6.42 Å². The van der Waals surface area contributed by atoms with Crippen LogP contribution in [-0.2, 0) is 4.74 Å². The smallest absolute Gasteiger partial charge is 0.0876 e. The van der Waals surface area contributed by atoms with Gasteiger partial charge >= 0.3 is 0 Å². The van der Waals surface area contributed by atoms with Gasteiger partial charge in [-0.05, 0) is 13.8 Å². The molecule has 2 heteroatoms. The van der Waals surface area contributed by atoms with Gasteiger partial charge in [0.05, 0.1) is 18.3 Å². The summed E-state index contributed by atoms with van der Waals surface area (Å²) in [5, 5.41) is 9.24. The third-order valence-corrected chi connectivity index (χ3v) is 1.41. The van der Waals surface area contributed by atoms with Gasteiger partial charge in [0.2, 0.25) is 0 Å². The Hall–Kier alpha value is -0.0800. The van der Waals surface area contributed by atoms with E-state index in [0.29, 0.717) is 6.61 Å². The van der Waals surface area contributed by atoms with E-state index in [4.69, 9.17) is 4.74 Å². The monoisotopic (exact) mass is 116 g/mol. The average Bonchev–Trinajstić information content (AvgIpc) is 1.82. The van der Waals surface area contributed by atoms with Crippen molar-refractivity contribution in [2.45, 2.75) is 32.0 Å². The highest BCUT2D eigenvalue weighted by atomic mass is 16.5. The molecule has 0 aromatic rings. The van der Waals surface area contributed by atoms with Crippen molar-refractivity contribution in [2.75, 3.05) is 6.61 Å². The van der Waals surface area contributed by atoms with Crippen LogP contribution in [-0.4, -0.2) is 23.4 Å². The first-order valence-electron chi connectivity index (χ1n) is 2.94. The van der Waals surface area contributed by atoms with Crippen LogP contribution in [0.4, 0.5) is 0 Å². The quantitative estimate of drug-likeness (QED) is 0.500. The molecule has 0 radical (unpaired) electrons. The molecule has 0 aromatic carbocycles. The van der Waals surface area contributed by atoms with Gasteiger partial charge in [0, 0.05) is 6.42 Å². The Balaban J connectivity index is 2.44. The summed E-state index contributed by atoms with van der Waals surface area (Å²) in [4.78, 5) is 0. The molecule has 0 aromatic heterocycles. The van der Waals surface area contributed by atoms with E-state index < -0.39 is 5.60 Å². The molecule has 8 heavy (non-hydrogen) atoms. The molecule has 0 saturated carbocycles. The van der Waals surface area contributed by atoms with Crippen LogP contribution in [0.3, 0.4) is 0 Å². The standard InChI is InChI=1S/C6H12O2/c1-5-3-6(2,7)4-8-5/h5,7H,3-4H2,1-2H3/t5-,6+/m0/s1. The minimum Gasteiger partial charge on any atom is -0.388 e. The zero-order chi connectivity index (χ0) is 6.20. The molecule has 0 bridgehead atoms. The Kier molecular flexibility index (Phi) is 1.29. The molecule has 1 saturated heterocycles. The topological polar surface area (TPSA) is 29.5 Å². The van der Waals surface area contributed by atoms with E-state index in [1.807, 2.05) is 6.92 Å². The fraction of sp³-hybridized carbons (Fsp3) is 1.00. The molecule has 1 N–H and O–H groups in total. The van der Waals surface area contributed by atoms with Crippen LogP contribution in [0.2, 0.25) is 0 Å². The molecule has 1 aliphatic rings. The lowest BCUT2D eigenvalue weighted by Crippen LogP contribution is -2.23. The fourth-order valence-corrected chi connectivity index (χ4v) is 1.06. The highest BCUT2D eigenvalue weighted by molar-refractivity contribution is 4.80. The largest absolute Gasteiger partial charge is 0.388 e. The van der Waals surface area contributed by atoms with Crippen molar-refractivity contribution in [2.24, 2.45) is 0 Å². The number of hydrogen-bond donors (Lipinski definition) is 1. The third-order valence-electron chi connectivity index (χ3n) is 1.41. The lowest BCUT2D eigenvalue weighted by atomic mass is 10.0. The fourth-order valence-electron chi connectivity index (χ4n) is 1.06. The molecule has 1 aliphatic heterocycles. The van der Waals surface area contributed by atoms with E-state index in [2.05, 4.69) is 0 Å². The van der Waals surface area contributed by atoms with Crippen molar-refractivity contribution < 1.29 is 9.84 Å². The Labute approximate surface area is 49.5 Å². The molecule has 1 rings (SSSR count). The van der Waals surface area contributed by atoms with E-state index >= 15 is 0 Å². The van der Waals surface area contributed by atoms with Gasteiger partial charge in [0.15, 0.2) is 0 Å². The van der Waals surface area contributed by atoms with Crippen molar-refractivity contribution in [3.8, 4) is 0 Å². The summed E-state index contributed by atoms with van der Waals surface area (Å²) in [6, 6.07) is 0. The van der Waals surface area contributed by atoms with Crippen molar-refractivity contribution in [1.82, 2.24) is 0 Å². The normalized spacial score (nSPS) is 47.6. The van der Waals surface area contributed by atoms with Gasteiger partial charge in [-0.15, -0.1) is 0 Å². The van der Waals surface area contributed by atoms with Crippen molar-refractivity contribution in [3.05, 3.63) is 0 Å². The zero-order valence-corrected chi connectivity index (χ0v) is 5.35. The van der Waals surface area contributed by atoms with Crippen LogP contribution in [0, 0.1) is 0 Å². The molecule has 1 heterocycles. The maximum absolute atomic E-state index is 9.24. The average molecular weight is 116 g/mol. The number of aliphatic hydroxyl groups is 1. The van der Waals surface area contributed by atoms with E-state index in [1.165, 1.54) is 0 Å². The van der Waals surface area contributed by atoms with Crippen LogP contribution in [0.5, 0.6) is 0 Å². The maximum atomic E-state index is 9.24. The summed E-state index contributed by atoms with van der Waals surface area (Å²) in [6.07, 6.45) is 1.01. The lowest BCUT2D eigenvalue weighted by Gasteiger charge is -2.10. The van der Waals surface area contributed by atoms with Gasteiger partial charge in [-0.25, -0.2) is 0 Å². The first-order chi connectivity index (χ1) is 3.60. The SMILES string of the molecule is C[C@H]1C[C@@](C)(O)CO1. The first kappa shape index (κ1) is 6.05. The lowest BCUT2D eigenvalue weighted by molar-refractivity contribution is 0.0377. The molecule has 2 nitrogen and oxygen atoms in total. The number of rotatable bonds is 0. The molecular weight excluding hydrogens is 104 g/mol. The number of hydrogen-bond acceptors (Lipinski definition) is 2. The number of ether oxygens (including phenoxy) is 1. The zero-order valence-electron chi connectivity index (χ0n) is 5.35. The van der Waals surface area contributed by atoms with E-state index in [9.17, 15) is 5.11 Å². The van der Waals surface area contributed by atoms with Gasteiger partial charge in [-0.3, -0.25) is 0 Å². The summed E-state index contributed by atoms with van der Waals surface area (Å²) in [5.74, 6) is 0. The van der Waals surface area contributed by atoms with Crippen molar-refractivity contribution in [1.29, 1.82) is 0 Å². The molecular formula is C6H12O2. The third kappa shape index (κ3) is 1.20. The second kappa shape index (κ2) is 1.71. The molecule has 1 fully saturated rings. The summed E-state index contributed by atoms with van der Waals surface area (Å²) in [7, 11) is 0. The van der Waals surface area contributed by atoms with Crippen LogP contribution < -0.4 is 0 Å². The summed E-state index contributed by atoms with van der Waals surface area (Å²) >= 11 is 0. The predicted octanol–water partition coefficient (Wildman–Crippen LogP) is 0.546. The molecule has 48 valence electrons. The van der Waals surface area contributed by atoms with Crippen molar-refractivity contribution >= 4 is 0 Å². The second-order valence-corrected chi connectivity index (χ2v) is 2.82. The Morgan fingerprint density at radius 1 is 1.75 bits per heavy atom. The summed E-state index contributed by atoms with van der Waals surface area (Å²) < 4.78 is 5.12. The molecule has 0 amide bonds. The van der Waals surface area contributed by atoms with Crippen molar-refractivity contribution in [3.63, 3.8) is 0 Å². The van der Waals surface area contributed by atoms with Crippen LogP contribution in [0.15, 0.2) is 0 Å². The molecule has 0 aliphatic carbocycles. The first-order valence-corrected chi connectivity index (χ1v) is 2.94.